The van der Waals surface area contributed by atoms with Crippen LogP contribution in [0.2, 0.25) is 5.02 Å². The van der Waals surface area contributed by atoms with Crippen molar-refractivity contribution in [3.8, 4) is 11.1 Å². The van der Waals surface area contributed by atoms with Crippen LogP contribution in [0, 0.1) is 0 Å². The molecule has 1 atom stereocenters. The van der Waals surface area contributed by atoms with Crippen molar-refractivity contribution in [3.05, 3.63) is 77.1 Å². The number of rotatable bonds is 3. The molecule has 0 radical (unpaired) electrons. The van der Waals surface area contributed by atoms with Crippen molar-refractivity contribution in [3.63, 3.8) is 0 Å². The Labute approximate surface area is 128 Å². The molecule has 3 aromatic rings. The Kier molecular flexibility index (Phi) is 3.78. The third-order valence-corrected chi connectivity index (χ3v) is 3.82. The molecule has 3 rings (SSSR count). The highest BCUT2D eigenvalue weighted by Crippen LogP contribution is 2.29. The Balaban J connectivity index is 1.91. The number of aliphatic hydroxyl groups is 1. The second-order valence-electron chi connectivity index (χ2n) is 4.89. The van der Waals surface area contributed by atoms with Crippen LogP contribution in [-0.4, -0.2) is 14.9 Å². The molecule has 4 heteroatoms. The van der Waals surface area contributed by atoms with E-state index in [0.717, 1.165) is 16.7 Å². The summed E-state index contributed by atoms with van der Waals surface area (Å²) in [5, 5.41) is 15.0. The first-order chi connectivity index (χ1) is 10.2. The Bertz CT molecular complexity index is 716. The van der Waals surface area contributed by atoms with E-state index in [-0.39, 0.29) is 0 Å². The van der Waals surface area contributed by atoms with Gasteiger partial charge in [0.25, 0.3) is 0 Å². The van der Waals surface area contributed by atoms with Crippen LogP contribution < -0.4 is 0 Å². The average Bonchev–Trinajstić information content (AvgIpc) is 2.87. The minimum Gasteiger partial charge on any atom is -0.382 e. The Morgan fingerprint density at radius 1 is 1.00 bits per heavy atom. The first-order valence-corrected chi connectivity index (χ1v) is 7.05. The summed E-state index contributed by atoms with van der Waals surface area (Å²) in [4.78, 5) is 0. The van der Waals surface area contributed by atoms with Gasteiger partial charge in [-0.15, -0.1) is 0 Å². The largest absolute Gasteiger partial charge is 0.382 e. The molecule has 106 valence electrons. The number of nitrogens with zero attached hydrogens (tertiary/aromatic N) is 2. The van der Waals surface area contributed by atoms with Crippen LogP contribution in [0.1, 0.15) is 17.4 Å². The van der Waals surface area contributed by atoms with Gasteiger partial charge in [-0.1, -0.05) is 66.2 Å². The molecule has 0 saturated carbocycles. The van der Waals surface area contributed by atoms with E-state index in [1.165, 1.54) is 0 Å². The second kappa shape index (κ2) is 5.72. The van der Waals surface area contributed by atoms with E-state index in [1.807, 2.05) is 42.5 Å². The molecule has 1 unspecified atom stereocenters. The van der Waals surface area contributed by atoms with Crippen molar-refractivity contribution >= 4 is 11.6 Å². The van der Waals surface area contributed by atoms with Crippen LogP contribution in [0.25, 0.3) is 11.1 Å². The summed E-state index contributed by atoms with van der Waals surface area (Å²) < 4.78 is 1.60. The topological polar surface area (TPSA) is 38.0 Å². The molecule has 0 fully saturated rings. The fourth-order valence-corrected chi connectivity index (χ4v) is 2.64. The molecule has 3 nitrogen and oxygen atoms in total. The van der Waals surface area contributed by atoms with Gasteiger partial charge in [0.15, 0.2) is 0 Å². The minimum atomic E-state index is -0.783. The predicted octanol–water partition coefficient (Wildman–Crippen LogP) is 3.82. The molecule has 0 aliphatic rings. The number of halogens is 1. The highest BCUT2D eigenvalue weighted by atomic mass is 35.5. The van der Waals surface area contributed by atoms with Crippen LogP contribution in [0.15, 0.2) is 60.8 Å². The van der Waals surface area contributed by atoms with Gasteiger partial charge in [-0.2, -0.15) is 5.10 Å². The maximum Gasteiger partial charge on any atom is 0.122 e. The van der Waals surface area contributed by atoms with E-state index in [9.17, 15) is 5.11 Å². The number of aromatic nitrogens is 2. The minimum absolute atomic E-state index is 0.470. The highest BCUT2D eigenvalue weighted by molar-refractivity contribution is 6.31. The molecule has 0 spiro atoms. The van der Waals surface area contributed by atoms with Gasteiger partial charge in [-0.25, -0.2) is 0 Å². The van der Waals surface area contributed by atoms with Gasteiger partial charge in [0.1, 0.15) is 6.10 Å². The van der Waals surface area contributed by atoms with Gasteiger partial charge in [0, 0.05) is 7.05 Å². The van der Waals surface area contributed by atoms with Gasteiger partial charge >= 0.3 is 0 Å². The predicted molar refractivity (Wildman–Crippen MR) is 84.2 cm³/mol. The van der Waals surface area contributed by atoms with Gasteiger partial charge in [0.05, 0.1) is 16.9 Å². The third kappa shape index (κ3) is 2.71. The lowest BCUT2D eigenvalue weighted by Gasteiger charge is -2.13. The SMILES string of the molecule is Cn1ncc(Cl)c1C(O)c1ccc(-c2ccccc2)cc1. The Hall–Kier alpha value is -2.10. The fraction of sp³-hybridized carbons (Fsp3) is 0.118. The lowest BCUT2D eigenvalue weighted by Crippen LogP contribution is -2.07. The van der Waals surface area contributed by atoms with Crippen molar-refractivity contribution in [1.82, 2.24) is 9.78 Å². The molecule has 0 bridgehead atoms. The molecular formula is C17H15ClN2O. The van der Waals surface area contributed by atoms with Crippen molar-refractivity contribution in [2.45, 2.75) is 6.10 Å². The third-order valence-electron chi connectivity index (χ3n) is 3.53. The molecular weight excluding hydrogens is 284 g/mol. The number of hydrogen-bond acceptors (Lipinski definition) is 2. The Morgan fingerprint density at radius 2 is 1.62 bits per heavy atom. The maximum absolute atomic E-state index is 10.5. The summed E-state index contributed by atoms with van der Waals surface area (Å²) in [5.41, 5.74) is 3.66. The van der Waals surface area contributed by atoms with Crippen molar-refractivity contribution in [2.75, 3.05) is 0 Å². The molecule has 0 aliphatic heterocycles. The van der Waals surface area contributed by atoms with Gasteiger partial charge in [0.2, 0.25) is 0 Å². The second-order valence-corrected chi connectivity index (χ2v) is 5.30. The van der Waals surface area contributed by atoms with E-state index >= 15 is 0 Å². The van der Waals surface area contributed by atoms with Crippen LogP contribution in [0.3, 0.4) is 0 Å². The van der Waals surface area contributed by atoms with Crippen LogP contribution in [0.5, 0.6) is 0 Å². The molecule has 21 heavy (non-hydrogen) atoms. The quantitative estimate of drug-likeness (QED) is 0.798. The fourth-order valence-electron chi connectivity index (χ4n) is 2.37. The van der Waals surface area contributed by atoms with Crippen LogP contribution in [-0.2, 0) is 7.05 Å². The highest BCUT2D eigenvalue weighted by Gasteiger charge is 2.18. The molecule has 1 N–H and O–H groups in total. The molecule has 0 amide bonds. The van der Waals surface area contributed by atoms with Crippen molar-refractivity contribution in [1.29, 1.82) is 0 Å². The normalized spacial score (nSPS) is 12.3. The zero-order valence-electron chi connectivity index (χ0n) is 11.6. The van der Waals surface area contributed by atoms with E-state index in [0.29, 0.717) is 10.7 Å². The molecule has 2 aromatic carbocycles. The lowest BCUT2D eigenvalue weighted by atomic mass is 10.0. The van der Waals surface area contributed by atoms with Gasteiger partial charge in [-0.3, -0.25) is 4.68 Å². The monoisotopic (exact) mass is 298 g/mol. The Morgan fingerprint density at radius 3 is 2.19 bits per heavy atom. The first kappa shape index (κ1) is 13.9. The molecule has 0 saturated heterocycles. The van der Waals surface area contributed by atoms with Crippen LogP contribution >= 0.6 is 11.6 Å². The van der Waals surface area contributed by atoms with Gasteiger partial charge < -0.3 is 5.11 Å². The van der Waals surface area contributed by atoms with E-state index in [2.05, 4.69) is 17.2 Å². The summed E-state index contributed by atoms with van der Waals surface area (Å²) in [6, 6.07) is 17.9. The van der Waals surface area contributed by atoms with Gasteiger partial charge in [-0.05, 0) is 16.7 Å². The summed E-state index contributed by atoms with van der Waals surface area (Å²) in [6.07, 6.45) is 0.758. The zero-order chi connectivity index (χ0) is 14.8. The average molecular weight is 299 g/mol. The standard InChI is InChI=1S/C17H15ClN2O/c1-20-16(15(18)11-19-20)17(21)14-9-7-13(8-10-14)12-5-3-2-4-6-12/h2-11,17,21H,1H3. The van der Waals surface area contributed by atoms with Crippen molar-refractivity contribution in [2.24, 2.45) is 7.05 Å². The van der Waals surface area contributed by atoms with Crippen LogP contribution in [0.4, 0.5) is 0 Å². The summed E-state index contributed by atoms with van der Waals surface area (Å²) in [6.45, 7) is 0. The summed E-state index contributed by atoms with van der Waals surface area (Å²) in [7, 11) is 1.77. The molecule has 0 aliphatic carbocycles. The summed E-state index contributed by atoms with van der Waals surface area (Å²) >= 11 is 6.07. The van der Waals surface area contributed by atoms with E-state index < -0.39 is 6.10 Å². The molecule has 1 aromatic heterocycles. The number of hydrogen-bond donors (Lipinski definition) is 1. The first-order valence-electron chi connectivity index (χ1n) is 6.67. The van der Waals surface area contributed by atoms with E-state index in [4.69, 9.17) is 11.6 Å². The van der Waals surface area contributed by atoms with Crippen molar-refractivity contribution < 1.29 is 5.11 Å². The number of aryl methyl sites for hydroxylation is 1. The maximum atomic E-state index is 10.5. The van der Waals surface area contributed by atoms with E-state index in [1.54, 1.807) is 17.9 Å². The lowest BCUT2D eigenvalue weighted by molar-refractivity contribution is 0.210. The summed E-state index contributed by atoms with van der Waals surface area (Å²) in [5.74, 6) is 0. The smallest absolute Gasteiger partial charge is 0.122 e. The number of benzene rings is 2. The molecule has 1 heterocycles. The number of aliphatic hydroxyl groups excluding tert-OH is 1. The zero-order valence-corrected chi connectivity index (χ0v) is 12.3.